The molecule has 1 aliphatic rings. The number of likely N-dealkylation sites (N-methyl/N-ethyl adjacent to an activating group) is 1. The number of hydrogen-bond acceptors (Lipinski definition) is 4. The summed E-state index contributed by atoms with van der Waals surface area (Å²) < 4.78 is 3.88. The molecule has 0 saturated carbocycles. The van der Waals surface area contributed by atoms with Gasteiger partial charge in [-0.25, -0.2) is 0 Å². The Balaban J connectivity index is 1.81. The molecule has 0 saturated heterocycles. The van der Waals surface area contributed by atoms with Gasteiger partial charge in [0.25, 0.3) is 0 Å². The minimum atomic E-state index is -0.347. The van der Waals surface area contributed by atoms with Crippen molar-refractivity contribution >= 4 is 5.91 Å². The van der Waals surface area contributed by atoms with E-state index in [-0.39, 0.29) is 11.9 Å². The molecule has 7 heteroatoms. The molecule has 0 unspecified atom stereocenters. The first kappa shape index (κ1) is 16.5. The van der Waals surface area contributed by atoms with E-state index in [2.05, 4.69) is 15.3 Å². The molecule has 3 heterocycles. The van der Waals surface area contributed by atoms with Crippen molar-refractivity contribution in [2.45, 2.75) is 39.4 Å². The van der Waals surface area contributed by atoms with Crippen LogP contribution in [-0.2, 0) is 24.3 Å². The van der Waals surface area contributed by atoms with Crippen LogP contribution < -0.4 is 0 Å². The number of amides is 1. The Morgan fingerprint density at radius 3 is 2.65 bits per heavy atom. The third kappa shape index (κ3) is 2.69. The Labute approximate surface area is 152 Å². The predicted molar refractivity (Wildman–Crippen MR) is 97.3 cm³/mol. The zero-order valence-electron chi connectivity index (χ0n) is 15.3. The first-order valence-corrected chi connectivity index (χ1v) is 8.85. The van der Waals surface area contributed by atoms with Crippen molar-refractivity contribution in [3.8, 4) is 11.4 Å². The molecular weight excluding hydrogens is 328 g/mol. The summed E-state index contributed by atoms with van der Waals surface area (Å²) in [5, 5.41) is 13.3. The highest BCUT2D eigenvalue weighted by molar-refractivity contribution is 5.82. The molecule has 3 aromatic rings. The van der Waals surface area contributed by atoms with Gasteiger partial charge in [-0.2, -0.15) is 5.10 Å². The molecular formula is C19H22N6O. The number of carbonyl (C=O) groups is 1. The third-order valence-electron chi connectivity index (χ3n) is 4.90. The second-order valence-corrected chi connectivity index (χ2v) is 6.69. The van der Waals surface area contributed by atoms with Crippen molar-refractivity contribution in [1.29, 1.82) is 0 Å². The maximum Gasteiger partial charge on any atom is 0.246 e. The highest BCUT2D eigenvalue weighted by atomic mass is 16.2. The van der Waals surface area contributed by atoms with Gasteiger partial charge in [-0.1, -0.05) is 30.3 Å². The minimum Gasteiger partial charge on any atom is -0.336 e. The molecule has 4 rings (SSSR count). The van der Waals surface area contributed by atoms with Crippen LogP contribution in [0.15, 0.2) is 36.5 Å². The molecule has 0 aliphatic carbocycles. The van der Waals surface area contributed by atoms with Crippen LogP contribution in [0.1, 0.15) is 30.0 Å². The van der Waals surface area contributed by atoms with Crippen molar-refractivity contribution in [2.24, 2.45) is 0 Å². The summed E-state index contributed by atoms with van der Waals surface area (Å²) >= 11 is 0. The molecule has 1 aromatic carbocycles. The quantitative estimate of drug-likeness (QED) is 0.723. The van der Waals surface area contributed by atoms with Crippen LogP contribution in [0.25, 0.3) is 11.4 Å². The Kier molecular flexibility index (Phi) is 4.06. The second-order valence-electron chi connectivity index (χ2n) is 6.69. The molecule has 0 N–H and O–H groups in total. The molecule has 0 spiro atoms. The van der Waals surface area contributed by atoms with E-state index >= 15 is 0 Å². The van der Waals surface area contributed by atoms with E-state index in [4.69, 9.17) is 0 Å². The van der Waals surface area contributed by atoms with Gasteiger partial charge in [-0.3, -0.25) is 14.0 Å². The topological polar surface area (TPSA) is 68.8 Å². The van der Waals surface area contributed by atoms with Gasteiger partial charge in [0, 0.05) is 26.2 Å². The average molecular weight is 350 g/mol. The Morgan fingerprint density at radius 1 is 1.19 bits per heavy atom. The summed E-state index contributed by atoms with van der Waals surface area (Å²) in [4.78, 5) is 14.7. The number of benzene rings is 1. The summed E-state index contributed by atoms with van der Waals surface area (Å²) in [6, 6.07) is 9.72. The van der Waals surface area contributed by atoms with Crippen LogP contribution in [0.5, 0.6) is 0 Å². The molecule has 26 heavy (non-hydrogen) atoms. The predicted octanol–water partition coefficient (Wildman–Crippen LogP) is 2.23. The van der Waals surface area contributed by atoms with E-state index in [9.17, 15) is 4.79 Å². The summed E-state index contributed by atoms with van der Waals surface area (Å²) in [6.45, 7) is 5.27. The fraction of sp³-hybridized carbons (Fsp3) is 0.368. The van der Waals surface area contributed by atoms with Gasteiger partial charge in [-0.15, -0.1) is 10.2 Å². The number of aryl methyl sites for hydroxylation is 2. The van der Waals surface area contributed by atoms with Gasteiger partial charge in [0.2, 0.25) is 5.91 Å². The summed E-state index contributed by atoms with van der Waals surface area (Å²) in [5.74, 6) is 1.62. The van der Waals surface area contributed by atoms with Crippen molar-refractivity contribution in [3.63, 3.8) is 0 Å². The van der Waals surface area contributed by atoms with Gasteiger partial charge < -0.3 is 4.90 Å². The summed E-state index contributed by atoms with van der Waals surface area (Å²) in [7, 11) is 1.82. The SMILES string of the molecule is CCn1cc(-c2nnc3n2[C@H](Cc2ccccc2)C(=O)N(C)C3)c(C)n1. The summed E-state index contributed by atoms with van der Waals surface area (Å²) in [6.07, 6.45) is 2.60. The van der Waals surface area contributed by atoms with E-state index < -0.39 is 0 Å². The largest absolute Gasteiger partial charge is 0.336 e. The lowest BCUT2D eigenvalue weighted by Gasteiger charge is -2.31. The van der Waals surface area contributed by atoms with E-state index in [1.807, 2.05) is 66.7 Å². The van der Waals surface area contributed by atoms with Crippen LogP contribution in [0.4, 0.5) is 0 Å². The van der Waals surface area contributed by atoms with Gasteiger partial charge in [-0.05, 0) is 19.4 Å². The van der Waals surface area contributed by atoms with Crippen molar-refractivity contribution in [2.75, 3.05) is 7.05 Å². The van der Waals surface area contributed by atoms with Crippen LogP contribution in [0, 0.1) is 6.92 Å². The van der Waals surface area contributed by atoms with Crippen molar-refractivity contribution in [1.82, 2.24) is 29.4 Å². The monoisotopic (exact) mass is 350 g/mol. The molecule has 134 valence electrons. The Bertz CT molecular complexity index is 942. The Morgan fingerprint density at radius 2 is 1.96 bits per heavy atom. The smallest absolute Gasteiger partial charge is 0.246 e. The molecule has 1 atom stereocenters. The van der Waals surface area contributed by atoms with Crippen LogP contribution in [0.2, 0.25) is 0 Å². The van der Waals surface area contributed by atoms with E-state index in [1.54, 1.807) is 4.90 Å². The number of carbonyl (C=O) groups excluding carboxylic acids is 1. The van der Waals surface area contributed by atoms with Crippen LogP contribution in [-0.4, -0.2) is 42.4 Å². The van der Waals surface area contributed by atoms with Crippen LogP contribution >= 0.6 is 0 Å². The lowest BCUT2D eigenvalue weighted by Crippen LogP contribution is -2.41. The van der Waals surface area contributed by atoms with E-state index in [0.717, 1.165) is 35.0 Å². The standard InChI is InChI=1S/C19H22N6O/c1-4-24-11-15(13(2)22-24)18-21-20-17-12-23(3)19(26)16(25(17)18)10-14-8-6-5-7-9-14/h5-9,11,16H,4,10,12H2,1-3H3/t16-/m1/s1. The molecule has 0 bridgehead atoms. The van der Waals surface area contributed by atoms with Crippen molar-refractivity contribution in [3.05, 3.63) is 53.6 Å². The number of hydrogen-bond donors (Lipinski definition) is 0. The lowest BCUT2D eigenvalue weighted by molar-refractivity contribution is -0.135. The fourth-order valence-corrected chi connectivity index (χ4v) is 3.51. The first-order chi connectivity index (χ1) is 12.6. The number of fused-ring (bicyclic) bond motifs is 1. The minimum absolute atomic E-state index is 0.0861. The maximum atomic E-state index is 12.9. The third-order valence-corrected chi connectivity index (χ3v) is 4.90. The second kappa shape index (κ2) is 6.40. The van der Waals surface area contributed by atoms with Gasteiger partial charge in [0.1, 0.15) is 6.04 Å². The average Bonchev–Trinajstić information content (AvgIpc) is 3.22. The highest BCUT2D eigenvalue weighted by Crippen LogP contribution is 2.31. The van der Waals surface area contributed by atoms with Gasteiger partial charge in [0.15, 0.2) is 11.6 Å². The normalized spacial score (nSPS) is 16.8. The zero-order chi connectivity index (χ0) is 18.3. The van der Waals surface area contributed by atoms with E-state index in [0.29, 0.717) is 13.0 Å². The number of nitrogens with zero attached hydrogens (tertiary/aromatic N) is 6. The first-order valence-electron chi connectivity index (χ1n) is 8.85. The molecule has 1 amide bonds. The fourth-order valence-electron chi connectivity index (χ4n) is 3.51. The van der Waals surface area contributed by atoms with E-state index in [1.165, 1.54) is 0 Å². The molecule has 7 nitrogen and oxygen atoms in total. The molecule has 1 aliphatic heterocycles. The molecule has 0 fully saturated rings. The molecule has 2 aromatic heterocycles. The lowest BCUT2D eigenvalue weighted by atomic mass is 10.0. The summed E-state index contributed by atoms with van der Waals surface area (Å²) in [5.41, 5.74) is 2.95. The number of aromatic nitrogens is 5. The van der Waals surface area contributed by atoms with Gasteiger partial charge >= 0.3 is 0 Å². The Hall–Kier alpha value is -2.96. The highest BCUT2D eigenvalue weighted by Gasteiger charge is 2.35. The number of rotatable bonds is 4. The maximum absolute atomic E-state index is 12.9. The molecule has 0 radical (unpaired) electrons. The van der Waals surface area contributed by atoms with Crippen molar-refractivity contribution < 1.29 is 4.79 Å². The zero-order valence-corrected chi connectivity index (χ0v) is 15.3. The van der Waals surface area contributed by atoms with Crippen LogP contribution in [0.3, 0.4) is 0 Å². The van der Waals surface area contributed by atoms with Gasteiger partial charge in [0.05, 0.1) is 17.8 Å².